The summed E-state index contributed by atoms with van der Waals surface area (Å²) in [6.45, 7) is 0. The predicted molar refractivity (Wildman–Crippen MR) is 93.4 cm³/mol. The molecule has 0 radical (unpaired) electrons. The number of fused-ring (bicyclic) bond motifs is 2. The minimum absolute atomic E-state index is 0.132. The van der Waals surface area contributed by atoms with Gasteiger partial charge in [-0.2, -0.15) is 4.98 Å². The van der Waals surface area contributed by atoms with Crippen LogP contribution in [0.2, 0.25) is 0 Å². The maximum atomic E-state index is 12.5. The quantitative estimate of drug-likeness (QED) is 0.560. The van der Waals surface area contributed by atoms with Gasteiger partial charge < -0.3 is 10.4 Å². The molecule has 2 aromatic heterocycles. The van der Waals surface area contributed by atoms with E-state index < -0.39 is 5.97 Å². The van der Waals surface area contributed by atoms with Gasteiger partial charge in [0.2, 0.25) is 5.78 Å². The Labute approximate surface area is 141 Å². The van der Waals surface area contributed by atoms with Gasteiger partial charge in [-0.15, -0.1) is 0 Å². The Kier molecular flexibility index (Phi) is 3.39. The van der Waals surface area contributed by atoms with Crippen LogP contribution < -0.4 is 10.9 Å². The van der Waals surface area contributed by atoms with Gasteiger partial charge in [0.1, 0.15) is 5.82 Å². The van der Waals surface area contributed by atoms with E-state index in [1.165, 1.54) is 10.5 Å². The lowest BCUT2D eigenvalue weighted by Crippen LogP contribution is -2.16. The van der Waals surface area contributed by atoms with Crippen LogP contribution in [0.1, 0.15) is 10.4 Å². The number of aromatic carboxylic acids is 1. The highest BCUT2D eigenvalue weighted by Crippen LogP contribution is 2.20. The number of carbonyl (C=O) groups is 1. The average molecular weight is 332 g/mol. The van der Waals surface area contributed by atoms with Crippen LogP contribution in [-0.2, 0) is 0 Å². The Hall–Kier alpha value is -3.74. The third-order valence-electron chi connectivity index (χ3n) is 3.81. The zero-order valence-corrected chi connectivity index (χ0v) is 12.9. The van der Waals surface area contributed by atoms with Crippen LogP contribution in [0, 0.1) is 0 Å². The second kappa shape index (κ2) is 5.72. The van der Waals surface area contributed by atoms with Crippen molar-refractivity contribution in [3.63, 3.8) is 0 Å². The van der Waals surface area contributed by atoms with E-state index in [4.69, 9.17) is 0 Å². The molecule has 0 fully saturated rings. The first kappa shape index (κ1) is 14.8. The molecule has 0 unspecified atom stereocenters. The number of nitrogens with one attached hydrogen (secondary N) is 1. The van der Waals surface area contributed by atoms with Gasteiger partial charge in [0.15, 0.2) is 0 Å². The number of rotatable bonds is 3. The highest BCUT2D eigenvalue weighted by Gasteiger charge is 2.11. The van der Waals surface area contributed by atoms with Gasteiger partial charge in [0.05, 0.1) is 22.2 Å². The number of hydrogen-bond donors (Lipinski definition) is 2. The lowest BCUT2D eigenvalue weighted by Gasteiger charge is -2.09. The largest absolute Gasteiger partial charge is 0.478 e. The van der Waals surface area contributed by atoms with Crippen LogP contribution >= 0.6 is 0 Å². The summed E-state index contributed by atoms with van der Waals surface area (Å²) < 4.78 is 1.36. The fourth-order valence-corrected chi connectivity index (χ4v) is 2.62. The lowest BCUT2D eigenvalue weighted by atomic mass is 10.2. The van der Waals surface area contributed by atoms with E-state index in [9.17, 15) is 14.7 Å². The van der Waals surface area contributed by atoms with Crippen molar-refractivity contribution in [3.8, 4) is 0 Å². The summed E-state index contributed by atoms with van der Waals surface area (Å²) in [4.78, 5) is 32.5. The summed E-state index contributed by atoms with van der Waals surface area (Å²) in [7, 11) is 0. The molecular weight excluding hydrogens is 320 g/mol. The van der Waals surface area contributed by atoms with Gasteiger partial charge in [0.25, 0.3) is 5.56 Å². The predicted octanol–water partition coefficient (Wildman–Crippen LogP) is 2.68. The second-order valence-corrected chi connectivity index (χ2v) is 5.39. The van der Waals surface area contributed by atoms with E-state index in [1.54, 1.807) is 54.7 Å². The molecule has 2 aromatic carbocycles. The second-order valence-electron chi connectivity index (χ2n) is 5.39. The third-order valence-corrected chi connectivity index (χ3v) is 3.81. The monoisotopic (exact) mass is 332 g/mol. The van der Waals surface area contributed by atoms with E-state index in [0.29, 0.717) is 22.4 Å². The van der Waals surface area contributed by atoms with Crippen LogP contribution in [0.3, 0.4) is 0 Å². The number of carboxylic acid groups (broad SMARTS) is 1. The van der Waals surface area contributed by atoms with Gasteiger partial charge in [-0.3, -0.25) is 9.20 Å². The van der Waals surface area contributed by atoms with Crippen molar-refractivity contribution in [2.24, 2.45) is 0 Å². The van der Waals surface area contributed by atoms with E-state index in [0.717, 1.165) is 0 Å². The van der Waals surface area contributed by atoms with E-state index in [-0.39, 0.29) is 16.9 Å². The molecule has 0 aliphatic heterocycles. The number of aromatic nitrogens is 3. The summed E-state index contributed by atoms with van der Waals surface area (Å²) in [5.41, 5.74) is 0.900. The molecule has 0 amide bonds. The van der Waals surface area contributed by atoms with E-state index >= 15 is 0 Å². The Balaban J connectivity index is 1.84. The summed E-state index contributed by atoms with van der Waals surface area (Å²) in [6.07, 6.45) is 1.57. The Morgan fingerprint density at radius 1 is 1.00 bits per heavy atom. The highest BCUT2D eigenvalue weighted by atomic mass is 16.4. The maximum Gasteiger partial charge on any atom is 0.337 e. The third kappa shape index (κ3) is 2.57. The zero-order valence-electron chi connectivity index (χ0n) is 12.9. The van der Waals surface area contributed by atoms with Crippen molar-refractivity contribution < 1.29 is 9.90 Å². The zero-order chi connectivity index (χ0) is 17.4. The van der Waals surface area contributed by atoms with Crippen molar-refractivity contribution in [3.05, 3.63) is 76.7 Å². The molecule has 122 valence electrons. The highest BCUT2D eigenvalue weighted by molar-refractivity contribution is 5.95. The van der Waals surface area contributed by atoms with E-state index in [2.05, 4.69) is 15.3 Å². The van der Waals surface area contributed by atoms with Crippen LogP contribution in [0.5, 0.6) is 0 Å². The first-order chi connectivity index (χ1) is 12.1. The molecule has 7 heteroatoms. The number of para-hydroxylation sites is 2. The SMILES string of the molecule is O=C(O)c1ccccc1Nc1ccn2c(=O)c3ccccc3nc2n1. The number of hydrogen-bond acceptors (Lipinski definition) is 5. The standard InChI is InChI=1S/C18H12N4O3/c23-16-11-5-1-3-7-13(11)20-18-21-15(9-10-22(16)18)19-14-8-4-2-6-12(14)17(24)25/h1-10H,(H,24,25)(H,19,20,21). The van der Waals surface area contributed by atoms with Crippen molar-refractivity contribution in [1.82, 2.24) is 14.4 Å². The molecule has 2 heterocycles. The normalized spacial score (nSPS) is 10.9. The minimum Gasteiger partial charge on any atom is -0.478 e. The van der Waals surface area contributed by atoms with Gasteiger partial charge in [-0.25, -0.2) is 9.78 Å². The van der Waals surface area contributed by atoms with E-state index in [1.807, 2.05) is 0 Å². The van der Waals surface area contributed by atoms with Crippen LogP contribution in [-0.4, -0.2) is 25.4 Å². The van der Waals surface area contributed by atoms with Gasteiger partial charge >= 0.3 is 5.97 Å². The summed E-state index contributed by atoms with van der Waals surface area (Å²) in [5.74, 6) is -0.401. The summed E-state index contributed by atoms with van der Waals surface area (Å²) in [6, 6.07) is 15.2. The first-order valence-corrected chi connectivity index (χ1v) is 7.51. The molecule has 4 rings (SSSR count). The molecular formula is C18H12N4O3. The van der Waals surface area contributed by atoms with Crippen molar-refractivity contribution >= 4 is 34.2 Å². The molecule has 0 aliphatic carbocycles. The molecule has 4 aromatic rings. The lowest BCUT2D eigenvalue weighted by molar-refractivity contribution is 0.0698. The number of carboxylic acids is 1. The fraction of sp³-hybridized carbons (Fsp3) is 0. The van der Waals surface area contributed by atoms with Gasteiger partial charge in [-0.1, -0.05) is 24.3 Å². The van der Waals surface area contributed by atoms with Crippen LogP contribution in [0.15, 0.2) is 65.6 Å². The molecule has 0 atom stereocenters. The van der Waals surface area contributed by atoms with Crippen molar-refractivity contribution in [1.29, 1.82) is 0 Å². The maximum absolute atomic E-state index is 12.5. The molecule has 0 bridgehead atoms. The van der Waals surface area contributed by atoms with Crippen molar-refractivity contribution in [2.45, 2.75) is 0 Å². The molecule has 0 spiro atoms. The Morgan fingerprint density at radius 2 is 1.76 bits per heavy atom. The summed E-state index contributed by atoms with van der Waals surface area (Å²) in [5, 5.41) is 12.7. The smallest absolute Gasteiger partial charge is 0.337 e. The van der Waals surface area contributed by atoms with Gasteiger partial charge in [0, 0.05) is 6.20 Å². The topological polar surface area (TPSA) is 96.6 Å². The molecule has 2 N–H and O–H groups in total. The van der Waals surface area contributed by atoms with Crippen LogP contribution in [0.25, 0.3) is 16.7 Å². The number of benzene rings is 2. The molecule has 0 aliphatic rings. The number of anilines is 2. The minimum atomic E-state index is -1.04. The Bertz CT molecular complexity index is 1180. The molecule has 0 saturated carbocycles. The number of nitrogens with zero attached hydrogens (tertiary/aromatic N) is 3. The molecule has 0 saturated heterocycles. The first-order valence-electron chi connectivity index (χ1n) is 7.51. The summed E-state index contributed by atoms with van der Waals surface area (Å²) >= 11 is 0. The van der Waals surface area contributed by atoms with Crippen molar-refractivity contribution in [2.75, 3.05) is 5.32 Å². The molecule has 7 nitrogen and oxygen atoms in total. The molecule has 25 heavy (non-hydrogen) atoms. The fourth-order valence-electron chi connectivity index (χ4n) is 2.62. The average Bonchev–Trinajstić information content (AvgIpc) is 2.62. The van der Waals surface area contributed by atoms with Gasteiger partial charge in [-0.05, 0) is 30.3 Å². The Morgan fingerprint density at radius 3 is 2.60 bits per heavy atom. The van der Waals surface area contributed by atoms with Crippen LogP contribution in [0.4, 0.5) is 11.5 Å².